The van der Waals surface area contributed by atoms with Crippen LogP contribution >= 0.6 is 0 Å². The first-order valence-electron chi connectivity index (χ1n) is 7.81. The van der Waals surface area contributed by atoms with E-state index in [-0.39, 0.29) is 18.3 Å². The number of hydrogen-bond acceptors (Lipinski definition) is 4. The van der Waals surface area contributed by atoms with Crippen molar-refractivity contribution in [1.82, 2.24) is 10.2 Å². The monoisotopic (exact) mass is 339 g/mol. The topological polar surface area (TPSA) is 87.7 Å². The molecular weight excluding hydrogens is 322 g/mol. The number of rotatable bonds is 5. The summed E-state index contributed by atoms with van der Waals surface area (Å²) in [5.41, 5.74) is 0.970. The summed E-state index contributed by atoms with van der Waals surface area (Å²) < 4.78 is 5.49. The lowest BCUT2D eigenvalue weighted by atomic mass is 10.2. The van der Waals surface area contributed by atoms with Gasteiger partial charge in [-0.15, -0.1) is 0 Å². The molecule has 0 atom stereocenters. The van der Waals surface area contributed by atoms with Crippen LogP contribution in [0.25, 0.3) is 0 Å². The zero-order valence-electron chi connectivity index (χ0n) is 13.4. The molecule has 0 aliphatic carbocycles. The second kappa shape index (κ2) is 7.48. The van der Waals surface area contributed by atoms with Gasteiger partial charge in [0.15, 0.2) is 6.61 Å². The maximum atomic E-state index is 12.4. The molecule has 0 bridgehead atoms. The summed E-state index contributed by atoms with van der Waals surface area (Å²) in [6.07, 6.45) is 0. The Morgan fingerprint density at radius 1 is 1.08 bits per heavy atom. The maximum absolute atomic E-state index is 12.4. The van der Waals surface area contributed by atoms with Gasteiger partial charge in [0.05, 0.1) is 5.56 Å². The molecule has 2 aromatic rings. The minimum atomic E-state index is -0.451. The van der Waals surface area contributed by atoms with Crippen LogP contribution in [0.1, 0.15) is 10.4 Å². The highest BCUT2D eigenvalue weighted by Gasteiger charge is 2.26. The third kappa shape index (κ3) is 3.95. The number of urea groups is 1. The fourth-order valence-electron chi connectivity index (χ4n) is 2.43. The van der Waals surface area contributed by atoms with Crippen LogP contribution in [0.3, 0.4) is 0 Å². The number of hydrogen-bond donors (Lipinski definition) is 2. The Bertz CT molecular complexity index is 792. The number of nitrogens with zero attached hydrogens (tertiary/aromatic N) is 1. The van der Waals surface area contributed by atoms with Crippen molar-refractivity contribution >= 4 is 23.5 Å². The Morgan fingerprint density at radius 2 is 1.80 bits per heavy atom. The van der Waals surface area contributed by atoms with Gasteiger partial charge in [-0.25, -0.2) is 4.79 Å². The van der Waals surface area contributed by atoms with Crippen molar-refractivity contribution in [3.8, 4) is 5.75 Å². The van der Waals surface area contributed by atoms with Crippen molar-refractivity contribution in [3.63, 3.8) is 0 Å². The third-order valence-electron chi connectivity index (χ3n) is 3.67. The van der Waals surface area contributed by atoms with E-state index in [9.17, 15) is 14.4 Å². The minimum absolute atomic E-state index is 0.281. The highest BCUT2D eigenvalue weighted by Crippen LogP contribution is 2.20. The second-order valence-electron chi connectivity index (χ2n) is 5.38. The highest BCUT2D eigenvalue weighted by molar-refractivity contribution is 6.06. The molecule has 128 valence electrons. The molecule has 2 aromatic carbocycles. The summed E-state index contributed by atoms with van der Waals surface area (Å²) in [7, 11) is 0. The first-order valence-corrected chi connectivity index (χ1v) is 7.81. The highest BCUT2D eigenvalue weighted by atomic mass is 16.5. The first-order chi connectivity index (χ1) is 12.1. The van der Waals surface area contributed by atoms with E-state index < -0.39 is 11.9 Å². The van der Waals surface area contributed by atoms with Gasteiger partial charge in [-0.2, -0.15) is 0 Å². The molecule has 1 fully saturated rings. The number of ether oxygens (including phenoxy) is 1. The molecular formula is C18H17N3O4. The average molecular weight is 339 g/mol. The van der Waals surface area contributed by atoms with Gasteiger partial charge in [-0.1, -0.05) is 30.3 Å². The molecule has 1 aliphatic rings. The van der Waals surface area contributed by atoms with Crippen molar-refractivity contribution in [3.05, 3.63) is 60.2 Å². The van der Waals surface area contributed by atoms with Crippen LogP contribution in [0.4, 0.5) is 10.5 Å². The summed E-state index contributed by atoms with van der Waals surface area (Å²) in [4.78, 5) is 37.0. The number of benzene rings is 2. The summed E-state index contributed by atoms with van der Waals surface area (Å²) in [6.45, 7) is 0.431. The molecule has 0 radical (unpaired) electrons. The molecule has 7 nitrogen and oxygen atoms in total. The zero-order valence-corrected chi connectivity index (χ0v) is 13.4. The fourth-order valence-corrected chi connectivity index (χ4v) is 2.43. The van der Waals surface area contributed by atoms with E-state index >= 15 is 0 Å². The number of carbonyl (C=O) groups is 3. The molecule has 0 spiro atoms. The van der Waals surface area contributed by atoms with Gasteiger partial charge in [0.2, 0.25) is 0 Å². The van der Waals surface area contributed by atoms with E-state index in [1.807, 2.05) is 18.2 Å². The standard InChI is InChI=1S/C18H17N3O4/c22-16(21-11-10-19-18(21)24)12-25-15-9-5-4-8-14(15)17(23)20-13-6-2-1-3-7-13/h1-9H,10-12H2,(H,19,24)(H,20,23). The number of anilines is 1. The Kier molecular flexibility index (Phi) is 4.94. The smallest absolute Gasteiger partial charge is 0.324 e. The molecule has 7 heteroatoms. The van der Waals surface area contributed by atoms with E-state index in [4.69, 9.17) is 4.74 Å². The summed E-state index contributed by atoms with van der Waals surface area (Å²) >= 11 is 0. The molecule has 25 heavy (non-hydrogen) atoms. The third-order valence-corrected chi connectivity index (χ3v) is 3.67. The van der Waals surface area contributed by atoms with Crippen molar-refractivity contribution < 1.29 is 19.1 Å². The quantitative estimate of drug-likeness (QED) is 0.870. The minimum Gasteiger partial charge on any atom is -0.483 e. The van der Waals surface area contributed by atoms with Crippen LogP contribution in [0.15, 0.2) is 54.6 Å². The number of carbonyl (C=O) groups excluding carboxylic acids is 3. The lowest BCUT2D eigenvalue weighted by Crippen LogP contribution is -2.37. The van der Waals surface area contributed by atoms with Crippen LogP contribution in [-0.4, -0.2) is 42.4 Å². The molecule has 1 heterocycles. The Hall–Kier alpha value is -3.35. The lowest BCUT2D eigenvalue weighted by molar-refractivity contribution is -0.129. The van der Waals surface area contributed by atoms with Gasteiger partial charge in [-0.05, 0) is 24.3 Å². The molecule has 3 rings (SSSR count). The van der Waals surface area contributed by atoms with Crippen LogP contribution in [0.5, 0.6) is 5.75 Å². The van der Waals surface area contributed by atoms with Gasteiger partial charge in [-0.3, -0.25) is 14.5 Å². The fraction of sp³-hybridized carbons (Fsp3) is 0.167. The number of imide groups is 1. The van der Waals surface area contributed by atoms with Crippen molar-refractivity contribution in [2.24, 2.45) is 0 Å². The van der Waals surface area contributed by atoms with Gasteiger partial charge in [0.1, 0.15) is 5.75 Å². The molecule has 0 saturated carbocycles. The Labute approximate surface area is 144 Å². The Balaban J connectivity index is 1.67. The van der Waals surface area contributed by atoms with Gasteiger partial charge in [0, 0.05) is 18.8 Å². The zero-order chi connectivity index (χ0) is 17.6. The molecule has 4 amide bonds. The van der Waals surface area contributed by atoms with Crippen molar-refractivity contribution in [2.75, 3.05) is 25.0 Å². The summed E-state index contributed by atoms with van der Waals surface area (Å²) in [6, 6.07) is 15.3. The van der Waals surface area contributed by atoms with E-state index in [1.165, 1.54) is 0 Å². The molecule has 0 unspecified atom stereocenters. The van der Waals surface area contributed by atoms with Crippen LogP contribution in [-0.2, 0) is 4.79 Å². The molecule has 2 N–H and O–H groups in total. The number of nitrogens with one attached hydrogen (secondary N) is 2. The molecule has 1 aliphatic heterocycles. The number of para-hydroxylation sites is 2. The first kappa shape index (κ1) is 16.5. The van der Waals surface area contributed by atoms with E-state index in [0.717, 1.165) is 4.90 Å². The second-order valence-corrected chi connectivity index (χ2v) is 5.38. The van der Waals surface area contributed by atoms with Crippen LogP contribution < -0.4 is 15.4 Å². The average Bonchev–Trinajstić information content (AvgIpc) is 3.07. The van der Waals surface area contributed by atoms with Crippen LogP contribution in [0.2, 0.25) is 0 Å². The van der Waals surface area contributed by atoms with Gasteiger partial charge in [0.25, 0.3) is 11.8 Å². The van der Waals surface area contributed by atoms with Gasteiger partial charge >= 0.3 is 6.03 Å². The normalized spacial score (nSPS) is 13.3. The maximum Gasteiger partial charge on any atom is 0.324 e. The van der Waals surface area contributed by atoms with Gasteiger partial charge < -0.3 is 15.4 Å². The lowest BCUT2D eigenvalue weighted by Gasteiger charge is -2.14. The SMILES string of the molecule is O=C(Nc1ccccc1)c1ccccc1OCC(=O)N1CCNC1=O. The Morgan fingerprint density at radius 3 is 2.52 bits per heavy atom. The summed E-state index contributed by atoms with van der Waals surface area (Å²) in [5, 5.41) is 5.32. The molecule has 1 saturated heterocycles. The van der Waals surface area contributed by atoms with Crippen molar-refractivity contribution in [1.29, 1.82) is 0 Å². The van der Waals surface area contributed by atoms with Crippen molar-refractivity contribution in [2.45, 2.75) is 0 Å². The van der Waals surface area contributed by atoms with E-state index in [0.29, 0.717) is 24.3 Å². The van der Waals surface area contributed by atoms with Crippen LogP contribution in [0, 0.1) is 0 Å². The largest absolute Gasteiger partial charge is 0.483 e. The predicted molar refractivity (Wildman–Crippen MR) is 91.4 cm³/mol. The van der Waals surface area contributed by atoms with E-state index in [1.54, 1.807) is 36.4 Å². The summed E-state index contributed by atoms with van der Waals surface area (Å²) in [5.74, 6) is -0.509. The molecule has 0 aromatic heterocycles. The predicted octanol–water partition coefficient (Wildman–Crippen LogP) is 1.87. The number of amides is 4. The van der Waals surface area contributed by atoms with E-state index in [2.05, 4.69) is 10.6 Å².